The predicted octanol–water partition coefficient (Wildman–Crippen LogP) is 5.59. The van der Waals surface area contributed by atoms with Crippen LogP contribution >= 0.6 is 0 Å². The Kier molecular flexibility index (Phi) is 6.67. The Morgan fingerprint density at radius 3 is 2.61 bits per heavy atom. The lowest BCUT2D eigenvalue weighted by molar-refractivity contribution is -0.121. The number of H-pyrrole nitrogens is 1. The first-order chi connectivity index (χ1) is 17.6. The number of hydrogen-bond acceptors (Lipinski definition) is 4. The largest absolute Gasteiger partial charge is 0.508 e. The summed E-state index contributed by atoms with van der Waals surface area (Å²) in [7, 11) is 1.64. The fraction of sp³-hybridized carbons (Fsp3) is 0.133. The van der Waals surface area contributed by atoms with E-state index in [-0.39, 0.29) is 24.1 Å². The lowest BCUT2D eigenvalue weighted by atomic mass is 9.95. The van der Waals surface area contributed by atoms with Crippen LogP contribution in [-0.4, -0.2) is 28.1 Å². The fourth-order valence-corrected chi connectivity index (χ4v) is 4.51. The molecule has 5 rings (SSSR count). The molecule has 0 aliphatic heterocycles. The molecule has 0 radical (unpaired) electrons. The third kappa shape index (κ3) is 5.08. The van der Waals surface area contributed by atoms with E-state index in [2.05, 4.69) is 22.4 Å². The van der Waals surface area contributed by atoms with Gasteiger partial charge < -0.3 is 20.1 Å². The number of nitrogens with zero attached hydrogens (tertiary/aromatic N) is 1. The molecule has 2 heterocycles. The van der Waals surface area contributed by atoms with Crippen LogP contribution in [0.15, 0.2) is 97.3 Å². The summed E-state index contributed by atoms with van der Waals surface area (Å²) in [5, 5.41) is 14.0. The highest BCUT2D eigenvalue weighted by Gasteiger charge is 2.21. The lowest BCUT2D eigenvalue weighted by Gasteiger charge is -2.21. The second-order valence-corrected chi connectivity index (χ2v) is 8.70. The highest BCUT2D eigenvalue weighted by molar-refractivity contribution is 5.90. The van der Waals surface area contributed by atoms with Gasteiger partial charge in [-0.15, -0.1) is 0 Å². The van der Waals surface area contributed by atoms with E-state index in [1.165, 1.54) is 0 Å². The monoisotopic (exact) mass is 477 g/mol. The highest BCUT2D eigenvalue weighted by Crippen LogP contribution is 2.30. The van der Waals surface area contributed by atoms with Crippen LogP contribution in [0, 0.1) is 0 Å². The van der Waals surface area contributed by atoms with E-state index in [1.54, 1.807) is 31.5 Å². The number of aromatic nitrogens is 2. The zero-order valence-electron chi connectivity index (χ0n) is 19.9. The zero-order chi connectivity index (χ0) is 24.9. The molecule has 6 nitrogen and oxygen atoms in total. The van der Waals surface area contributed by atoms with Gasteiger partial charge in [0.25, 0.3) is 0 Å². The van der Waals surface area contributed by atoms with E-state index in [9.17, 15) is 9.90 Å². The van der Waals surface area contributed by atoms with Crippen LogP contribution in [-0.2, 0) is 17.6 Å². The van der Waals surface area contributed by atoms with Gasteiger partial charge in [0.15, 0.2) is 0 Å². The molecule has 180 valence electrons. The molecule has 1 amide bonds. The lowest BCUT2D eigenvalue weighted by Crippen LogP contribution is -2.32. The SMILES string of the molecule is COc1ccc(-c2cccnc2[C@@H](Cc2ccccc2)NC(=O)Cc2c[nH]c3ccc(O)cc23)cc1. The van der Waals surface area contributed by atoms with Crippen molar-refractivity contribution < 1.29 is 14.6 Å². The Labute approximate surface area is 209 Å². The number of pyridine rings is 1. The number of fused-ring (bicyclic) bond motifs is 1. The normalized spacial score (nSPS) is 11.8. The molecule has 2 aromatic heterocycles. The van der Waals surface area contributed by atoms with Crippen LogP contribution in [0.4, 0.5) is 0 Å². The van der Waals surface area contributed by atoms with Crippen molar-refractivity contribution in [2.45, 2.75) is 18.9 Å². The first kappa shape index (κ1) is 23.2. The number of hydrogen-bond donors (Lipinski definition) is 3. The quantitative estimate of drug-likeness (QED) is 0.272. The summed E-state index contributed by atoms with van der Waals surface area (Å²) in [6.07, 6.45) is 4.36. The number of benzene rings is 3. The molecule has 5 aromatic rings. The third-order valence-corrected chi connectivity index (χ3v) is 6.29. The maximum absolute atomic E-state index is 13.3. The van der Waals surface area contributed by atoms with Crippen molar-refractivity contribution in [1.82, 2.24) is 15.3 Å². The minimum atomic E-state index is -0.336. The molecule has 0 aliphatic carbocycles. The molecular formula is C30H27N3O3. The first-order valence-corrected chi connectivity index (χ1v) is 11.8. The van der Waals surface area contributed by atoms with Gasteiger partial charge in [-0.1, -0.05) is 48.5 Å². The van der Waals surface area contributed by atoms with Gasteiger partial charge in [0, 0.05) is 28.9 Å². The minimum absolute atomic E-state index is 0.119. The van der Waals surface area contributed by atoms with Crippen molar-refractivity contribution in [3.8, 4) is 22.6 Å². The van der Waals surface area contributed by atoms with Crippen LogP contribution in [0.1, 0.15) is 22.9 Å². The van der Waals surface area contributed by atoms with Gasteiger partial charge in [0.1, 0.15) is 11.5 Å². The molecule has 36 heavy (non-hydrogen) atoms. The molecule has 0 bridgehead atoms. The summed E-state index contributed by atoms with van der Waals surface area (Å²) >= 11 is 0. The Bertz CT molecular complexity index is 1480. The van der Waals surface area contributed by atoms with E-state index in [0.29, 0.717) is 6.42 Å². The predicted molar refractivity (Wildman–Crippen MR) is 141 cm³/mol. The smallest absolute Gasteiger partial charge is 0.225 e. The number of ether oxygens (including phenoxy) is 1. The van der Waals surface area contributed by atoms with Crippen molar-refractivity contribution >= 4 is 16.8 Å². The number of aromatic amines is 1. The van der Waals surface area contributed by atoms with Crippen LogP contribution < -0.4 is 10.1 Å². The average Bonchev–Trinajstić information content (AvgIpc) is 3.30. The van der Waals surface area contributed by atoms with Crippen molar-refractivity contribution in [1.29, 1.82) is 0 Å². The molecule has 0 saturated heterocycles. The van der Waals surface area contributed by atoms with Gasteiger partial charge in [0.05, 0.1) is 25.3 Å². The first-order valence-electron chi connectivity index (χ1n) is 11.8. The maximum atomic E-state index is 13.3. The fourth-order valence-electron chi connectivity index (χ4n) is 4.51. The number of phenols is 1. The van der Waals surface area contributed by atoms with Gasteiger partial charge in [-0.2, -0.15) is 0 Å². The molecule has 3 N–H and O–H groups in total. The summed E-state index contributed by atoms with van der Waals surface area (Å²) in [6, 6.07) is 26.6. The van der Waals surface area contributed by atoms with Crippen molar-refractivity contribution in [2.75, 3.05) is 7.11 Å². The van der Waals surface area contributed by atoms with Crippen LogP contribution in [0.2, 0.25) is 0 Å². The number of carbonyl (C=O) groups excluding carboxylic acids is 1. The van der Waals surface area contributed by atoms with Crippen molar-refractivity contribution in [3.05, 3.63) is 114 Å². The minimum Gasteiger partial charge on any atom is -0.508 e. The molecule has 0 aliphatic rings. The summed E-state index contributed by atoms with van der Waals surface area (Å²) in [5.41, 5.74) is 5.57. The third-order valence-electron chi connectivity index (χ3n) is 6.29. The summed E-state index contributed by atoms with van der Waals surface area (Å²) in [5.74, 6) is 0.831. The van der Waals surface area contributed by atoms with E-state index in [1.807, 2.05) is 60.8 Å². The number of amides is 1. The zero-order valence-corrected chi connectivity index (χ0v) is 19.9. The molecule has 3 aromatic carbocycles. The van der Waals surface area contributed by atoms with Crippen LogP contribution in [0.25, 0.3) is 22.0 Å². The highest BCUT2D eigenvalue weighted by atomic mass is 16.5. The molecule has 0 unspecified atom stereocenters. The average molecular weight is 478 g/mol. The Morgan fingerprint density at radius 2 is 1.83 bits per heavy atom. The van der Waals surface area contributed by atoms with Crippen molar-refractivity contribution in [2.24, 2.45) is 0 Å². The van der Waals surface area contributed by atoms with E-state index < -0.39 is 0 Å². The van der Waals surface area contributed by atoms with Gasteiger partial charge in [-0.25, -0.2) is 0 Å². The molecule has 6 heteroatoms. The van der Waals surface area contributed by atoms with E-state index >= 15 is 0 Å². The number of phenolic OH excluding ortho intramolecular Hbond substituents is 1. The Balaban J connectivity index is 1.46. The van der Waals surface area contributed by atoms with Crippen molar-refractivity contribution in [3.63, 3.8) is 0 Å². The molecule has 0 spiro atoms. The number of rotatable bonds is 8. The molecule has 1 atom stereocenters. The molecule has 0 saturated carbocycles. The van der Waals surface area contributed by atoms with Crippen LogP contribution in [0.3, 0.4) is 0 Å². The van der Waals surface area contributed by atoms with Gasteiger partial charge in [0.2, 0.25) is 5.91 Å². The number of aromatic hydroxyl groups is 1. The standard InChI is InChI=1S/C30H27N3O3/c1-36-24-12-9-21(10-13-24)25-8-5-15-31-30(25)28(16-20-6-3-2-4-7-20)33-29(35)17-22-19-32-27-14-11-23(34)18-26(22)27/h2-15,18-19,28,32,34H,16-17H2,1H3,(H,33,35)/t28-/m1/s1. The number of carbonyl (C=O) groups is 1. The second-order valence-electron chi connectivity index (χ2n) is 8.70. The Hall–Kier alpha value is -4.58. The summed E-state index contributed by atoms with van der Waals surface area (Å²) in [4.78, 5) is 21.2. The number of nitrogens with one attached hydrogen (secondary N) is 2. The van der Waals surface area contributed by atoms with Gasteiger partial charge in [-0.05, 0) is 59.5 Å². The van der Waals surface area contributed by atoms with Crippen LogP contribution in [0.5, 0.6) is 11.5 Å². The Morgan fingerprint density at radius 1 is 1.03 bits per heavy atom. The van der Waals surface area contributed by atoms with Gasteiger partial charge in [-0.3, -0.25) is 9.78 Å². The number of methoxy groups -OCH3 is 1. The topological polar surface area (TPSA) is 87.2 Å². The molecule has 0 fully saturated rings. The second kappa shape index (κ2) is 10.4. The van der Waals surface area contributed by atoms with Gasteiger partial charge >= 0.3 is 0 Å². The van der Waals surface area contributed by atoms with E-state index in [0.717, 1.165) is 44.6 Å². The maximum Gasteiger partial charge on any atom is 0.225 e. The van der Waals surface area contributed by atoms with E-state index in [4.69, 9.17) is 9.72 Å². The summed E-state index contributed by atoms with van der Waals surface area (Å²) in [6.45, 7) is 0. The summed E-state index contributed by atoms with van der Waals surface area (Å²) < 4.78 is 5.31. The molecular weight excluding hydrogens is 450 g/mol.